The molecule has 1 heterocycles. The zero-order chi connectivity index (χ0) is 13.7. The summed E-state index contributed by atoms with van der Waals surface area (Å²) in [4.78, 5) is 8.46. The zero-order valence-electron chi connectivity index (χ0n) is 11.6. The molecule has 1 N–H and O–H groups in total. The van der Waals surface area contributed by atoms with Crippen molar-refractivity contribution >= 4 is 5.69 Å². The molecule has 19 heavy (non-hydrogen) atoms. The van der Waals surface area contributed by atoms with Crippen LogP contribution in [0, 0.1) is 13.8 Å². The van der Waals surface area contributed by atoms with E-state index in [2.05, 4.69) is 22.2 Å². The van der Waals surface area contributed by atoms with Gasteiger partial charge in [0.05, 0.1) is 18.8 Å². The molecule has 0 bridgehead atoms. The predicted molar refractivity (Wildman–Crippen MR) is 76.4 cm³/mol. The molecule has 0 atom stereocenters. The second kappa shape index (κ2) is 6.18. The summed E-state index contributed by atoms with van der Waals surface area (Å²) < 4.78 is 5.47. The standard InChI is InChI=1S/C15H19N3O/c1-4-19-14-5-6-15(11(2)9-14)17-10-13-7-8-16-12(3)18-13/h5-9,17H,4,10H2,1-3H3. The van der Waals surface area contributed by atoms with E-state index in [1.54, 1.807) is 6.20 Å². The van der Waals surface area contributed by atoms with Crippen LogP contribution >= 0.6 is 0 Å². The van der Waals surface area contributed by atoms with Gasteiger partial charge in [-0.1, -0.05) is 0 Å². The van der Waals surface area contributed by atoms with Crippen LogP contribution in [-0.4, -0.2) is 16.6 Å². The molecule has 100 valence electrons. The third-order valence-electron chi connectivity index (χ3n) is 2.80. The van der Waals surface area contributed by atoms with Crippen LogP contribution in [0.5, 0.6) is 5.75 Å². The summed E-state index contributed by atoms with van der Waals surface area (Å²) in [7, 11) is 0. The number of rotatable bonds is 5. The fourth-order valence-corrected chi connectivity index (χ4v) is 1.88. The molecule has 0 unspecified atom stereocenters. The molecule has 0 saturated heterocycles. The van der Waals surface area contributed by atoms with Crippen molar-refractivity contribution in [3.05, 3.63) is 47.5 Å². The van der Waals surface area contributed by atoms with E-state index in [9.17, 15) is 0 Å². The highest BCUT2D eigenvalue weighted by Gasteiger charge is 2.01. The summed E-state index contributed by atoms with van der Waals surface area (Å²) in [5.74, 6) is 1.70. The van der Waals surface area contributed by atoms with Gasteiger partial charge in [-0.25, -0.2) is 9.97 Å². The predicted octanol–water partition coefficient (Wildman–Crippen LogP) is 3.10. The first-order valence-electron chi connectivity index (χ1n) is 6.45. The van der Waals surface area contributed by atoms with Crippen molar-refractivity contribution in [1.82, 2.24) is 9.97 Å². The van der Waals surface area contributed by atoms with Gasteiger partial charge in [0.1, 0.15) is 11.6 Å². The van der Waals surface area contributed by atoms with Crippen molar-refractivity contribution in [2.45, 2.75) is 27.3 Å². The molecule has 0 spiro atoms. The third kappa shape index (κ3) is 3.68. The topological polar surface area (TPSA) is 47.0 Å². The van der Waals surface area contributed by atoms with Gasteiger partial charge >= 0.3 is 0 Å². The number of hydrogen-bond donors (Lipinski definition) is 1. The Morgan fingerprint density at radius 3 is 2.74 bits per heavy atom. The van der Waals surface area contributed by atoms with E-state index in [4.69, 9.17) is 4.74 Å². The largest absolute Gasteiger partial charge is 0.494 e. The molecule has 0 aliphatic carbocycles. The van der Waals surface area contributed by atoms with Gasteiger partial charge in [0.15, 0.2) is 0 Å². The molecular weight excluding hydrogens is 238 g/mol. The second-order valence-corrected chi connectivity index (χ2v) is 4.36. The lowest BCUT2D eigenvalue weighted by Crippen LogP contribution is -2.04. The Hall–Kier alpha value is -2.10. The highest BCUT2D eigenvalue weighted by molar-refractivity contribution is 5.53. The fraction of sp³-hybridized carbons (Fsp3) is 0.333. The molecule has 1 aromatic heterocycles. The van der Waals surface area contributed by atoms with E-state index in [1.165, 1.54) is 0 Å². The maximum absolute atomic E-state index is 5.47. The first kappa shape index (κ1) is 13.3. The van der Waals surface area contributed by atoms with Gasteiger partial charge in [-0.2, -0.15) is 0 Å². The summed E-state index contributed by atoms with van der Waals surface area (Å²) in [6.07, 6.45) is 1.78. The molecule has 2 aromatic rings. The number of benzene rings is 1. The van der Waals surface area contributed by atoms with Gasteiger partial charge in [-0.05, 0) is 50.6 Å². The molecule has 0 aliphatic rings. The average molecular weight is 257 g/mol. The van der Waals surface area contributed by atoms with E-state index in [0.717, 1.165) is 28.5 Å². The molecule has 0 aliphatic heterocycles. The minimum Gasteiger partial charge on any atom is -0.494 e. The van der Waals surface area contributed by atoms with Crippen LogP contribution in [0.2, 0.25) is 0 Å². The molecule has 0 amide bonds. The van der Waals surface area contributed by atoms with Crippen LogP contribution in [-0.2, 0) is 6.54 Å². The lowest BCUT2D eigenvalue weighted by molar-refractivity contribution is 0.340. The van der Waals surface area contributed by atoms with Gasteiger partial charge in [0.25, 0.3) is 0 Å². The van der Waals surface area contributed by atoms with Crippen LogP contribution in [0.3, 0.4) is 0 Å². The molecule has 4 heteroatoms. The Balaban J connectivity index is 2.03. The van der Waals surface area contributed by atoms with Crippen molar-refractivity contribution in [1.29, 1.82) is 0 Å². The molecule has 0 radical (unpaired) electrons. The number of hydrogen-bond acceptors (Lipinski definition) is 4. The van der Waals surface area contributed by atoms with E-state index < -0.39 is 0 Å². The normalized spacial score (nSPS) is 10.3. The highest BCUT2D eigenvalue weighted by atomic mass is 16.5. The van der Waals surface area contributed by atoms with Gasteiger partial charge in [0, 0.05) is 11.9 Å². The van der Waals surface area contributed by atoms with Gasteiger partial charge in [-0.15, -0.1) is 0 Å². The summed E-state index contributed by atoms with van der Waals surface area (Å²) in [6.45, 7) is 7.32. The summed E-state index contributed by atoms with van der Waals surface area (Å²) in [5.41, 5.74) is 3.25. The molecule has 4 nitrogen and oxygen atoms in total. The number of anilines is 1. The van der Waals surface area contributed by atoms with Gasteiger partial charge in [-0.3, -0.25) is 0 Å². The average Bonchev–Trinajstić information content (AvgIpc) is 2.38. The quantitative estimate of drug-likeness (QED) is 0.894. The Kier molecular flexibility index (Phi) is 4.34. The Morgan fingerprint density at radius 1 is 1.21 bits per heavy atom. The molecular formula is C15H19N3O. The fourth-order valence-electron chi connectivity index (χ4n) is 1.88. The first-order valence-corrected chi connectivity index (χ1v) is 6.45. The SMILES string of the molecule is CCOc1ccc(NCc2ccnc(C)n2)c(C)c1. The number of nitrogens with one attached hydrogen (secondary N) is 1. The van der Waals surface area contributed by atoms with E-state index in [0.29, 0.717) is 13.2 Å². The first-order chi connectivity index (χ1) is 9.19. The van der Waals surface area contributed by atoms with Gasteiger partial charge < -0.3 is 10.1 Å². The minimum atomic E-state index is 0.687. The van der Waals surface area contributed by atoms with Crippen molar-refractivity contribution in [3.63, 3.8) is 0 Å². The van der Waals surface area contributed by atoms with Crippen molar-refractivity contribution in [3.8, 4) is 5.75 Å². The molecule has 1 aromatic carbocycles. The lowest BCUT2D eigenvalue weighted by Gasteiger charge is -2.11. The third-order valence-corrected chi connectivity index (χ3v) is 2.80. The van der Waals surface area contributed by atoms with Crippen LogP contribution in [0.15, 0.2) is 30.5 Å². The Morgan fingerprint density at radius 2 is 2.05 bits per heavy atom. The number of aromatic nitrogens is 2. The maximum atomic E-state index is 5.47. The smallest absolute Gasteiger partial charge is 0.125 e. The summed E-state index contributed by atoms with van der Waals surface area (Å²) >= 11 is 0. The van der Waals surface area contributed by atoms with Crippen LogP contribution in [0.1, 0.15) is 24.0 Å². The molecule has 0 saturated carbocycles. The highest BCUT2D eigenvalue weighted by Crippen LogP contribution is 2.21. The van der Waals surface area contributed by atoms with E-state index in [1.807, 2.05) is 38.1 Å². The summed E-state index contributed by atoms with van der Waals surface area (Å²) in [6, 6.07) is 7.97. The Bertz CT molecular complexity index is 555. The maximum Gasteiger partial charge on any atom is 0.125 e. The summed E-state index contributed by atoms with van der Waals surface area (Å²) in [5, 5.41) is 3.38. The van der Waals surface area contributed by atoms with E-state index in [-0.39, 0.29) is 0 Å². The van der Waals surface area contributed by atoms with Gasteiger partial charge in [0.2, 0.25) is 0 Å². The van der Waals surface area contributed by atoms with Crippen LogP contribution < -0.4 is 10.1 Å². The van der Waals surface area contributed by atoms with Crippen LogP contribution in [0.4, 0.5) is 5.69 Å². The lowest BCUT2D eigenvalue weighted by atomic mass is 10.2. The number of ether oxygens (including phenoxy) is 1. The number of aryl methyl sites for hydroxylation is 2. The minimum absolute atomic E-state index is 0.687. The molecule has 2 rings (SSSR count). The number of nitrogens with zero attached hydrogens (tertiary/aromatic N) is 2. The van der Waals surface area contributed by atoms with E-state index >= 15 is 0 Å². The van der Waals surface area contributed by atoms with Crippen molar-refractivity contribution in [2.24, 2.45) is 0 Å². The monoisotopic (exact) mass is 257 g/mol. The second-order valence-electron chi connectivity index (χ2n) is 4.36. The Labute approximate surface area is 113 Å². The van der Waals surface area contributed by atoms with Crippen molar-refractivity contribution in [2.75, 3.05) is 11.9 Å². The molecule has 0 fully saturated rings. The van der Waals surface area contributed by atoms with Crippen molar-refractivity contribution < 1.29 is 4.74 Å². The van der Waals surface area contributed by atoms with Crippen LogP contribution in [0.25, 0.3) is 0 Å². The zero-order valence-corrected chi connectivity index (χ0v) is 11.6.